The number of ether oxygens (including phenoxy) is 1. The number of H-pyrrole nitrogens is 1. The van der Waals surface area contributed by atoms with Gasteiger partial charge >= 0.3 is 6.03 Å². The van der Waals surface area contributed by atoms with Gasteiger partial charge in [0.2, 0.25) is 0 Å². The van der Waals surface area contributed by atoms with Gasteiger partial charge in [0.1, 0.15) is 5.75 Å². The van der Waals surface area contributed by atoms with Gasteiger partial charge in [-0.2, -0.15) is 5.10 Å². The molecular weight excluding hydrogens is 294 g/mol. The fraction of sp³-hybridized carbons (Fsp3) is 0.375. The van der Waals surface area contributed by atoms with Crippen molar-refractivity contribution in [3.63, 3.8) is 0 Å². The van der Waals surface area contributed by atoms with E-state index in [2.05, 4.69) is 25.7 Å². The maximum atomic E-state index is 11.9. The molecule has 0 aliphatic rings. The standard InChI is InChI=1S/C16H23N5O2/c1-21(2)15(12-4-6-14(23-3)7-5-12)11-18-16(22)17-10-13-8-9-19-20-13/h4-9,15H,10-11H2,1-3H3,(H,19,20)(H2,17,18,22)/t15-/m1/s1. The minimum Gasteiger partial charge on any atom is -0.497 e. The molecule has 0 spiro atoms. The minimum absolute atomic E-state index is 0.0822. The zero-order valence-corrected chi connectivity index (χ0v) is 13.7. The molecule has 0 saturated carbocycles. The van der Waals surface area contributed by atoms with Crippen molar-refractivity contribution in [1.29, 1.82) is 0 Å². The van der Waals surface area contributed by atoms with E-state index in [1.165, 1.54) is 0 Å². The Bertz CT molecular complexity index is 595. The summed E-state index contributed by atoms with van der Waals surface area (Å²) in [5.41, 5.74) is 1.98. The lowest BCUT2D eigenvalue weighted by Gasteiger charge is -2.25. The zero-order valence-electron chi connectivity index (χ0n) is 13.7. The molecule has 0 radical (unpaired) electrons. The quantitative estimate of drug-likeness (QED) is 0.723. The van der Waals surface area contributed by atoms with Crippen molar-refractivity contribution in [3.8, 4) is 5.75 Å². The first-order chi connectivity index (χ1) is 11.1. The van der Waals surface area contributed by atoms with Crippen molar-refractivity contribution in [2.45, 2.75) is 12.6 Å². The Morgan fingerprint density at radius 1 is 1.26 bits per heavy atom. The van der Waals surface area contributed by atoms with Crippen LogP contribution in [-0.4, -0.2) is 48.9 Å². The topological polar surface area (TPSA) is 82.3 Å². The van der Waals surface area contributed by atoms with Gasteiger partial charge in [0.25, 0.3) is 0 Å². The summed E-state index contributed by atoms with van der Waals surface area (Å²) in [5, 5.41) is 12.3. The van der Waals surface area contributed by atoms with Crippen LogP contribution in [0.15, 0.2) is 36.5 Å². The number of carbonyl (C=O) groups is 1. The molecule has 1 aromatic carbocycles. The maximum absolute atomic E-state index is 11.9. The third-order valence-corrected chi connectivity index (χ3v) is 3.58. The molecule has 0 aliphatic heterocycles. The van der Waals surface area contributed by atoms with Crippen molar-refractivity contribution in [2.75, 3.05) is 27.7 Å². The number of aromatic amines is 1. The maximum Gasteiger partial charge on any atom is 0.315 e. The Morgan fingerprint density at radius 2 is 2.00 bits per heavy atom. The van der Waals surface area contributed by atoms with Crippen molar-refractivity contribution < 1.29 is 9.53 Å². The fourth-order valence-electron chi connectivity index (χ4n) is 2.24. The summed E-state index contributed by atoms with van der Waals surface area (Å²) in [5.74, 6) is 0.816. The minimum atomic E-state index is -0.208. The van der Waals surface area contributed by atoms with Gasteiger partial charge in [0.05, 0.1) is 25.4 Å². The number of aromatic nitrogens is 2. The summed E-state index contributed by atoms with van der Waals surface area (Å²) in [6, 6.07) is 9.55. The molecule has 7 heteroatoms. The molecule has 124 valence electrons. The molecule has 7 nitrogen and oxygen atoms in total. The number of carbonyl (C=O) groups excluding carboxylic acids is 1. The second-order valence-electron chi connectivity index (χ2n) is 5.40. The van der Waals surface area contributed by atoms with E-state index in [4.69, 9.17) is 4.74 Å². The third kappa shape index (κ3) is 5.00. The molecule has 3 N–H and O–H groups in total. The van der Waals surface area contributed by atoms with E-state index in [-0.39, 0.29) is 12.1 Å². The number of hydrogen-bond donors (Lipinski definition) is 3. The van der Waals surface area contributed by atoms with E-state index in [1.807, 2.05) is 44.4 Å². The fourth-order valence-corrected chi connectivity index (χ4v) is 2.24. The molecule has 2 aromatic rings. The van der Waals surface area contributed by atoms with Crippen molar-refractivity contribution in [1.82, 2.24) is 25.7 Å². The Kier molecular flexibility index (Phi) is 5.99. The SMILES string of the molecule is COc1ccc([C@@H](CNC(=O)NCc2ccn[nH]2)N(C)C)cc1. The summed E-state index contributed by atoms with van der Waals surface area (Å²) in [6.07, 6.45) is 1.65. The number of nitrogens with zero attached hydrogens (tertiary/aromatic N) is 2. The van der Waals surface area contributed by atoms with E-state index in [9.17, 15) is 4.79 Å². The average molecular weight is 317 g/mol. The van der Waals surface area contributed by atoms with Crippen LogP contribution in [-0.2, 0) is 6.54 Å². The summed E-state index contributed by atoms with van der Waals surface area (Å²) in [7, 11) is 5.61. The van der Waals surface area contributed by atoms with Crippen LogP contribution in [0, 0.1) is 0 Å². The van der Waals surface area contributed by atoms with Crippen LogP contribution >= 0.6 is 0 Å². The van der Waals surface area contributed by atoms with Crippen LogP contribution in [0.2, 0.25) is 0 Å². The van der Waals surface area contributed by atoms with Crippen LogP contribution in [0.5, 0.6) is 5.75 Å². The van der Waals surface area contributed by atoms with Crippen LogP contribution in [0.4, 0.5) is 4.79 Å². The normalized spacial score (nSPS) is 12.0. The summed E-state index contributed by atoms with van der Waals surface area (Å²) >= 11 is 0. The Morgan fingerprint density at radius 3 is 2.57 bits per heavy atom. The number of nitrogens with one attached hydrogen (secondary N) is 3. The zero-order chi connectivity index (χ0) is 16.7. The second-order valence-corrected chi connectivity index (χ2v) is 5.40. The van der Waals surface area contributed by atoms with Gasteiger partial charge < -0.3 is 20.3 Å². The predicted molar refractivity (Wildman–Crippen MR) is 88.2 cm³/mol. The first-order valence-corrected chi connectivity index (χ1v) is 7.40. The number of methoxy groups -OCH3 is 1. The first-order valence-electron chi connectivity index (χ1n) is 7.40. The van der Waals surface area contributed by atoms with Crippen molar-refractivity contribution in [2.24, 2.45) is 0 Å². The van der Waals surface area contributed by atoms with Gasteiger partial charge in [-0.25, -0.2) is 4.79 Å². The molecule has 0 aliphatic carbocycles. The highest BCUT2D eigenvalue weighted by atomic mass is 16.5. The Balaban J connectivity index is 1.87. The van der Waals surface area contributed by atoms with Gasteiger partial charge in [-0.15, -0.1) is 0 Å². The number of amides is 2. The molecule has 0 saturated heterocycles. The molecule has 0 bridgehead atoms. The summed E-state index contributed by atoms with van der Waals surface area (Å²) < 4.78 is 5.17. The lowest BCUT2D eigenvalue weighted by molar-refractivity contribution is 0.232. The number of likely N-dealkylation sites (N-methyl/N-ethyl adjacent to an activating group) is 1. The van der Waals surface area contributed by atoms with E-state index in [1.54, 1.807) is 13.3 Å². The molecular formula is C16H23N5O2. The summed E-state index contributed by atoms with van der Waals surface area (Å²) in [6.45, 7) is 0.926. The molecule has 0 fully saturated rings. The number of urea groups is 1. The molecule has 0 unspecified atom stereocenters. The van der Waals surface area contributed by atoms with Gasteiger partial charge in [0, 0.05) is 12.7 Å². The van der Waals surface area contributed by atoms with E-state index < -0.39 is 0 Å². The van der Waals surface area contributed by atoms with Gasteiger partial charge in [-0.1, -0.05) is 12.1 Å². The van der Waals surface area contributed by atoms with Crippen LogP contribution in [0.3, 0.4) is 0 Å². The Hall–Kier alpha value is -2.54. The highest BCUT2D eigenvalue weighted by Gasteiger charge is 2.15. The first kappa shape index (κ1) is 16.8. The molecule has 2 amide bonds. The van der Waals surface area contributed by atoms with E-state index in [0.717, 1.165) is 17.0 Å². The summed E-state index contributed by atoms with van der Waals surface area (Å²) in [4.78, 5) is 14.0. The molecule has 2 rings (SSSR count). The van der Waals surface area contributed by atoms with Crippen LogP contribution < -0.4 is 15.4 Å². The van der Waals surface area contributed by atoms with Gasteiger partial charge in [-0.3, -0.25) is 5.10 Å². The number of rotatable bonds is 7. The van der Waals surface area contributed by atoms with Crippen LogP contribution in [0.25, 0.3) is 0 Å². The monoisotopic (exact) mass is 317 g/mol. The van der Waals surface area contributed by atoms with Crippen molar-refractivity contribution >= 4 is 6.03 Å². The molecule has 1 aromatic heterocycles. The van der Waals surface area contributed by atoms with Gasteiger partial charge in [0.15, 0.2) is 0 Å². The average Bonchev–Trinajstić information content (AvgIpc) is 3.07. The Labute approximate surface area is 136 Å². The lowest BCUT2D eigenvalue weighted by Crippen LogP contribution is -2.40. The van der Waals surface area contributed by atoms with Gasteiger partial charge in [-0.05, 0) is 37.9 Å². The number of hydrogen-bond acceptors (Lipinski definition) is 4. The lowest BCUT2D eigenvalue weighted by atomic mass is 10.1. The highest BCUT2D eigenvalue weighted by molar-refractivity contribution is 5.73. The smallest absolute Gasteiger partial charge is 0.315 e. The molecule has 23 heavy (non-hydrogen) atoms. The van der Waals surface area contributed by atoms with Crippen LogP contribution in [0.1, 0.15) is 17.3 Å². The largest absolute Gasteiger partial charge is 0.497 e. The highest BCUT2D eigenvalue weighted by Crippen LogP contribution is 2.20. The second kappa shape index (κ2) is 8.19. The molecule has 1 atom stereocenters. The predicted octanol–water partition coefficient (Wildman–Crippen LogP) is 1.52. The number of benzene rings is 1. The third-order valence-electron chi connectivity index (χ3n) is 3.58. The van der Waals surface area contributed by atoms with E-state index in [0.29, 0.717) is 13.1 Å². The molecule has 1 heterocycles. The van der Waals surface area contributed by atoms with Crippen molar-refractivity contribution in [3.05, 3.63) is 47.8 Å². The van der Waals surface area contributed by atoms with E-state index >= 15 is 0 Å².